The predicted octanol–water partition coefficient (Wildman–Crippen LogP) is 6.24. The van der Waals surface area contributed by atoms with Gasteiger partial charge >= 0.3 is 0 Å². The molecule has 0 aromatic heterocycles. The fourth-order valence-corrected chi connectivity index (χ4v) is 4.31. The van der Waals surface area contributed by atoms with Crippen LogP contribution in [0.25, 0.3) is 5.76 Å². The third-order valence-corrected chi connectivity index (χ3v) is 6.01. The number of likely N-dealkylation sites (tertiary alicyclic amines) is 1. The molecule has 1 heterocycles. The molecule has 0 radical (unpaired) electrons. The van der Waals surface area contributed by atoms with Gasteiger partial charge in [0.25, 0.3) is 11.7 Å². The van der Waals surface area contributed by atoms with E-state index in [1.165, 1.54) is 29.2 Å². The van der Waals surface area contributed by atoms with Crippen molar-refractivity contribution in [3.63, 3.8) is 0 Å². The lowest BCUT2D eigenvalue weighted by Gasteiger charge is -2.26. The molecule has 5 nitrogen and oxygen atoms in total. The van der Waals surface area contributed by atoms with Gasteiger partial charge in [-0.05, 0) is 59.7 Å². The van der Waals surface area contributed by atoms with E-state index >= 15 is 0 Å². The Kier molecular flexibility index (Phi) is 6.33. The number of carbonyl (C=O) groups is 2. The number of amides is 1. The van der Waals surface area contributed by atoms with E-state index in [1.54, 1.807) is 24.3 Å². The summed E-state index contributed by atoms with van der Waals surface area (Å²) in [5.41, 5.74) is 1.63. The molecular formula is C30H22FNO4. The molecule has 1 aliphatic heterocycles. The van der Waals surface area contributed by atoms with E-state index < -0.39 is 23.5 Å². The van der Waals surface area contributed by atoms with Crippen LogP contribution in [0.5, 0.6) is 11.5 Å². The fraction of sp³-hybridized carbons (Fsp3) is 0.0667. The zero-order valence-corrected chi connectivity index (χ0v) is 19.2. The van der Waals surface area contributed by atoms with Gasteiger partial charge in [0.2, 0.25) is 0 Å². The van der Waals surface area contributed by atoms with E-state index in [0.29, 0.717) is 17.1 Å². The largest absolute Gasteiger partial charge is 0.507 e. The molecule has 0 bridgehead atoms. The lowest BCUT2D eigenvalue weighted by molar-refractivity contribution is -0.140. The molecular weight excluding hydrogens is 457 g/mol. The van der Waals surface area contributed by atoms with E-state index in [1.807, 2.05) is 60.7 Å². The number of aliphatic hydroxyl groups excluding tert-OH is 1. The van der Waals surface area contributed by atoms with Gasteiger partial charge in [-0.15, -0.1) is 0 Å². The number of nitrogens with zero attached hydrogens (tertiary/aromatic N) is 1. The third-order valence-electron chi connectivity index (χ3n) is 6.01. The first kappa shape index (κ1) is 23.1. The lowest BCUT2D eigenvalue weighted by atomic mass is 9.95. The average molecular weight is 480 g/mol. The number of hydrogen-bond acceptors (Lipinski definition) is 4. The molecule has 5 rings (SSSR count). The van der Waals surface area contributed by atoms with Crippen LogP contribution >= 0.6 is 0 Å². The first-order valence-electron chi connectivity index (χ1n) is 11.4. The van der Waals surface area contributed by atoms with Gasteiger partial charge in [0, 0.05) is 12.1 Å². The van der Waals surface area contributed by atoms with Gasteiger partial charge in [0.1, 0.15) is 23.1 Å². The highest BCUT2D eigenvalue weighted by Crippen LogP contribution is 2.41. The van der Waals surface area contributed by atoms with Crippen molar-refractivity contribution in [3.8, 4) is 11.5 Å². The van der Waals surface area contributed by atoms with Crippen molar-refractivity contribution in [1.82, 2.24) is 4.90 Å². The maximum Gasteiger partial charge on any atom is 0.295 e. The number of ether oxygens (including phenoxy) is 1. The number of hydrogen-bond donors (Lipinski definition) is 1. The quantitative estimate of drug-likeness (QED) is 0.202. The summed E-state index contributed by atoms with van der Waals surface area (Å²) < 4.78 is 19.5. The number of halogens is 1. The fourth-order valence-electron chi connectivity index (χ4n) is 4.31. The van der Waals surface area contributed by atoms with Crippen LogP contribution in [-0.2, 0) is 16.1 Å². The van der Waals surface area contributed by atoms with Gasteiger partial charge < -0.3 is 14.7 Å². The third kappa shape index (κ3) is 4.61. The Bertz CT molecular complexity index is 1430. The maximum atomic E-state index is 13.5. The molecule has 0 saturated carbocycles. The van der Waals surface area contributed by atoms with Crippen molar-refractivity contribution >= 4 is 17.4 Å². The molecule has 4 aromatic rings. The highest BCUT2D eigenvalue weighted by molar-refractivity contribution is 6.46. The standard InChI is InChI=1S/C30H22FNO4/c31-23-16-14-21(15-17-23)28(33)26-27(32(30(35)29(26)34)19-20-8-3-1-4-9-20)22-10-7-13-25(18-22)36-24-11-5-2-6-12-24/h1-18,27,33H,19H2. The number of ketones is 1. The summed E-state index contributed by atoms with van der Waals surface area (Å²) in [6.45, 7) is 0.167. The molecule has 1 fully saturated rings. The molecule has 0 aliphatic carbocycles. The van der Waals surface area contributed by atoms with Crippen LogP contribution in [0.15, 0.2) is 115 Å². The Morgan fingerprint density at radius 2 is 1.44 bits per heavy atom. The van der Waals surface area contributed by atoms with E-state index in [-0.39, 0.29) is 23.4 Å². The second-order valence-corrected chi connectivity index (χ2v) is 8.41. The summed E-state index contributed by atoms with van der Waals surface area (Å²) in [4.78, 5) is 27.9. The van der Waals surface area contributed by atoms with Gasteiger partial charge in [-0.1, -0.05) is 60.7 Å². The SMILES string of the molecule is O=C1C(=O)N(Cc2ccccc2)C(c2cccc(Oc3ccccc3)c2)C1=C(O)c1ccc(F)cc1. The van der Waals surface area contributed by atoms with Crippen molar-refractivity contribution in [1.29, 1.82) is 0 Å². The Balaban J connectivity index is 1.61. The Morgan fingerprint density at radius 1 is 0.806 bits per heavy atom. The van der Waals surface area contributed by atoms with E-state index in [0.717, 1.165) is 5.56 Å². The number of Topliss-reactive ketones (excluding diaryl/α,β-unsaturated/α-hetero) is 1. The van der Waals surface area contributed by atoms with Crippen LogP contribution in [0.2, 0.25) is 0 Å². The Morgan fingerprint density at radius 3 is 2.14 bits per heavy atom. The van der Waals surface area contributed by atoms with Gasteiger partial charge in [0.05, 0.1) is 11.6 Å². The van der Waals surface area contributed by atoms with E-state index in [2.05, 4.69) is 0 Å². The minimum atomic E-state index is -0.866. The molecule has 1 atom stereocenters. The summed E-state index contributed by atoms with van der Waals surface area (Å²) in [6.07, 6.45) is 0. The number of rotatable bonds is 6. The molecule has 1 unspecified atom stereocenters. The minimum absolute atomic E-state index is 0.0561. The van der Waals surface area contributed by atoms with Crippen molar-refractivity contribution in [2.45, 2.75) is 12.6 Å². The molecule has 178 valence electrons. The molecule has 0 spiro atoms. The highest BCUT2D eigenvalue weighted by atomic mass is 19.1. The molecule has 1 N–H and O–H groups in total. The molecule has 1 aliphatic rings. The monoisotopic (exact) mass is 479 g/mol. The first-order valence-corrected chi connectivity index (χ1v) is 11.4. The van der Waals surface area contributed by atoms with Crippen LogP contribution in [-0.4, -0.2) is 21.7 Å². The topological polar surface area (TPSA) is 66.8 Å². The lowest BCUT2D eigenvalue weighted by Crippen LogP contribution is -2.29. The summed E-state index contributed by atoms with van der Waals surface area (Å²) in [5.74, 6) is -1.19. The van der Waals surface area contributed by atoms with Crippen molar-refractivity contribution in [2.75, 3.05) is 0 Å². The zero-order chi connectivity index (χ0) is 25.1. The molecule has 1 amide bonds. The highest BCUT2D eigenvalue weighted by Gasteiger charge is 2.46. The predicted molar refractivity (Wildman–Crippen MR) is 134 cm³/mol. The van der Waals surface area contributed by atoms with Crippen molar-refractivity contribution < 1.29 is 23.8 Å². The van der Waals surface area contributed by atoms with Gasteiger partial charge in [-0.2, -0.15) is 0 Å². The zero-order valence-electron chi connectivity index (χ0n) is 19.2. The van der Waals surface area contributed by atoms with Gasteiger partial charge in [0.15, 0.2) is 0 Å². The van der Waals surface area contributed by atoms with Gasteiger partial charge in [-0.3, -0.25) is 9.59 Å². The van der Waals surface area contributed by atoms with Crippen molar-refractivity contribution in [2.24, 2.45) is 0 Å². The number of para-hydroxylation sites is 1. The normalized spacial score (nSPS) is 16.8. The van der Waals surface area contributed by atoms with E-state index in [4.69, 9.17) is 4.74 Å². The van der Waals surface area contributed by atoms with Crippen LogP contribution < -0.4 is 4.74 Å². The molecule has 6 heteroatoms. The van der Waals surface area contributed by atoms with Crippen LogP contribution in [0, 0.1) is 5.82 Å². The Labute approximate surface area is 207 Å². The molecule has 36 heavy (non-hydrogen) atoms. The number of aliphatic hydroxyl groups is 1. The summed E-state index contributed by atoms with van der Waals surface area (Å²) in [5, 5.41) is 11.1. The second-order valence-electron chi connectivity index (χ2n) is 8.41. The van der Waals surface area contributed by atoms with Crippen LogP contribution in [0.3, 0.4) is 0 Å². The summed E-state index contributed by atoms with van der Waals surface area (Å²) >= 11 is 0. The van der Waals surface area contributed by atoms with Crippen LogP contribution in [0.1, 0.15) is 22.7 Å². The Hall–Kier alpha value is -4.71. The van der Waals surface area contributed by atoms with E-state index in [9.17, 15) is 19.1 Å². The summed E-state index contributed by atoms with van der Waals surface area (Å²) in [6, 6.07) is 29.9. The maximum absolute atomic E-state index is 13.5. The average Bonchev–Trinajstić information content (AvgIpc) is 3.15. The molecule has 4 aromatic carbocycles. The van der Waals surface area contributed by atoms with Gasteiger partial charge in [-0.25, -0.2) is 4.39 Å². The molecule has 1 saturated heterocycles. The minimum Gasteiger partial charge on any atom is -0.507 e. The van der Waals surface area contributed by atoms with Crippen LogP contribution in [0.4, 0.5) is 4.39 Å². The van der Waals surface area contributed by atoms with Crippen molar-refractivity contribution in [3.05, 3.63) is 137 Å². The first-order chi connectivity index (χ1) is 17.5. The number of benzene rings is 4. The summed E-state index contributed by atoms with van der Waals surface area (Å²) in [7, 11) is 0. The smallest absolute Gasteiger partial charge is 0.295 e. The second kappa shape index (κ2) is 9.88. The number of carbonyl (C=O) groups excluding carboxylic acids is 2.